The molecule has 2 aromatic heterocycles. The first-order valence-electron chi connectivity index (χ1n) is 6.75. The molecule has 8 nitrogen and oxygen atoms in total. The quantitative estimate of drug-likeness (QED) is 0.691. The first kappa shape index (κ1) is 15.3. The van der Waals surface area contributed by atoms with Crippen molar-refractivity contribution in [2.24, 2.45) is 7.05 Å². The van der Waals surface area contributed by atoms with E-state index in [0.29, 0.717) is 25.7 Å². The number of hydrogen-bond donors (Lipinski definition) is 2. The van der Waals surface area contributed by atoms with Gasteiger partial charge >= 0.3 is 0 Å². The molecule has 0 bridgehead atoms. The van der Waals surface area contributed by atoms with Gasteiger partial charge in [-0.05, 0) is 26.2 Å². The van der Waals surface area contributed by atoms with Crippen molar-refractivity contribution in [2.75, 3.05) is 38.3 Å². The molecular weight excluding hydrogens is 272 g/mol. The zero-order valence-electron chi connectivity index (χ0n) is 12.7. The van der Waals surface area contributed by atoms with E-state index in [2.05, 4.69) is 20.3 Å². The molecule has 2 rings (SSSR count). The Bertz CT molecular complexity index is 563. The molecule has 2 heterocycles. The molecule has 21 heavy (non-hydrogen) atoms. The monoisotopic (exact) mass is 294 g/mol. The van der Waals surface area contributed by atoms with Crippen LogP contribution in [0, 0.1) is 0 Å². The number of nitrogens with one attached hydrogen (secondary N) is 1. The van der Waals surface area contributed by atoms with E-state index in [-0.39, 0.29) is 5.95 Å². The normalized spacial score (nSPS) is 11.2. The van der Waals surface area contributed by atoms with Gasteiger partial charge in [-0.25, -0.2) is 4.68 Å². The molecule has 116 valence electrons. The number of furan rings is 1. The predicted molar refractivity (Wildman–Crippen MR) is 79.7 cm³/mol. The van der Waals surface area contributed by atoms with E-state index in [1.807, 2.05) is 26.2 Å². The Morgan fingerprint density at radius 2 is 2.14 bits per heavy atom. The molecule has 3 N–H and O–H groups in total. The first-order chi connectivity index (χ1) is 10.0. The summed E-state index contributed by atoms with van der Waals surface area (Å²) in [4.78, 5) is 6.09. The van der Waals surface area contributed by atoms with Gasteiger partial charge in [-0.1, -0.05) is 0 Å². The maximum Gasteiger partial charge on any atom is 0.241 e. The highest BCUT2D eigenvalue weighted by Crippen LogP contribution is 2.10. The number of hydrogen-bond acceptors (Lipinski definition) is 7. The molecule has 0 aliphatic rings. The SMILES string of the molecule is CN(C)Cc1ccc(COCCNc2nc(N)nn2C)o1. The van der Waals surface area contributed by atoms with E-state index >= 15 is 0 Å². The molecule has 0 fully saturated rings. The molecule has 0 aromatic carbocycles. The van der Waals surface area contributed by atoms with Gasteiger partial charge in [0.15, 0.2) is 0 Å². The highest BCUT2D eigenvalue weighted by molar-refractivity contribution is 5.31. The van der Waals surface area contributed by atoms with Crippen molar-refractivity contribution in [3.8, 4) is 0 Å². The van der Waals surface area contributed by atoms with Crippen LogP contribution < -0.4 is 11.1 Å². The molecule has 0 amide bonds. The van der Waals surface area contributed by atoms with E-state index in [1.54, 1.807) is 11.7 Å². The number of aryl methyl sites for hydroxylation is 1. The Morgan fingerprint density at radius 3 is 2.81 bits per heavy atom. The highest BCUT2D eigenvalue weighted by atomic mass is 16.5. The first-order valence-corrected chi connectivity index (χ1v) is 6.75. The van der Waals surface area contributed by atoms with Crippen LogP contribution in [-0.2, 0) is 24.9 Å². The summed E-state index contributed by atoms with van der Waals surface area (Å²) in [7, 11) is 5.79. The zero-order valence-corrected chi connectivity index (χ0v) is 12.7. The summed E-state index contributed by atoms with van der Waals surface area (Å²) in [6.07, 6.45) is 0. The molecule has 0 saturated heterocycles. The van der Waals surface area contributed by atoms with Crippen molar-refractivity contribution >= 4 is 11.9 Å². The van der Waals surface area contributed by atoms with Crippen LogP contribution in [0.1, 0.15) is 11.5 Å². The number of rotatable bonds is 8. The van der Waals surface area contributed by atoms with Crippen molar-refractivity contribution < 1.29 is 9.15 Å². The van der Waals surface area contributed by atoms with E-state index in [9.17, 15) is 0 Å². The summed E-state index contributed by atoms with van der Waals surface area (Å²) >= 11 is 0. The van der Waals surface area contributed by atoms with Crippen molar-refractivity contribution in [3.63, 3.8) is 0 Å². The summed E-state index contributed by atoms with van der Waals surface area (Å²) < 4.78 is 12.8. The second kappa shape index (κ2) is 7.09. The van der Waals surface area contributed by atoms with Crippen LogP contribution in [0.15, 0.2) is 16.5 Å². The van der Waals surface area contributed by atoms with Gasteiger partial charge in [-0.3, -0.25) is 0 Å². The van der Waals surface area contributed by atoms with Crippen LogP contribution in [0.3, 0.4) is 0 Å². The van der Waals surface area contributed by atoms with Crippen LogP contribution in [0.5, 0.6) is 0 Å². The molecule has 0 aliphatic carbocycles. The van der Waals surface area contributed by atoms with Crippen LogP contribution in [0.2, 0.25) is 0 Å². The number of nitrogens with two attached hydrogens (primary N) is 1. The average Bonchev–Trinajstić information content (AvgIpc) is 2.95. The Hall–Kier alpha value is -2.06. The van der Waals surface area contributed by atoms with Crippen molar-refractivity contribution in [3.05, 3.63) is 23.7 Å². The Kier molecular flexibility index (Phi) is 5.18. The third-order valence-corrected chi connectivity index (χ3v) is 2.74. The highest BCUT2D eigenvalue weighted by Gasteiger charge is 2.05. The summed E-state index contributed by atoms with van der Waals surface area (Å²) in [6, 6.07) is 3.91. The van der Waals surface area contributed by atoms with Gasteiger partial charge in [0.05, 0.1) is 13.2 Å². The number of nitrogen functional groups attached to an aromatic ring is 1. The summed E-state index contributed by atoms with van der Waals surface area (Å²) in [6.45, 7) is 2.40. The molecular formula is C13H22N6O2. The second-order valence-corrected chi connectivity index (χ2v) is 5.00. The minimum absolute atomic E-state index is 0.255. The van der Waals surface area contributed by atoms with Gasteiger partial charge in [0.1, 0.15) is 18.1 Å². The standard InChI is InChI=1S/C13H22N6O2/c1-18(2)8-10-4-5-11(21-10)9-20-7-6-15-13-16-12(14)17-19(13)3/h4-5H,6-9H2,1-3H3,(H3,14,15,16,17). The molecule has 0 radical (unpaired) electrons. The predicted octanol–water partition coefficient (Wildman–Crippen LogP) is 0.681. The van der Waals surface area contributed by atoms with Crippen molar-refractivity contribution in [1.29, 1.82) is 0 Å². The number of nitrogens with zero attached hydrogens (tertiary/aromatic N) is 4. The third kappa shape index (κ3) is 4.76. The number of anilines is 2. The molecule has 0 saturated carbocycles. The lowest BCUT2D eigenvalue weighted by molar-refractivity contribution is 0.113. The van der Waals surface area contributed by atoms with Crippen molar-refractivity contribution in [1.82, 2.24) is 19.7 Å². The number of aromatic nitrogens is 3. The lowest BCUT2D eigenvalue weighted by Crippen LogP contribution is -2.12. The minimum atomic E-state index is 0.255. The molecule has 0 spiro atoms. The van der Waals surface area contributed by atoms with Gasteiger partial charge in [-0.2, -0.15) is 4.98 Å². The molecule has 2 aromatic rings. The van der Waals surface area contributed by atoms with Crippen LogP contribution in [-0.4, -0.2) is 46.9 Å². The molecule has 0 unspecified atom stereocenters. The van der Waals surface area contributed by atoms with Gasteiger partial charge in [-0.15, -0.1) is 5.10 Å². The molecule has 0 atom stereocenters. The van der Waals surface area contributed by atoms with E-state index in [4.69, 9.17) is 14.9 Å². The Labute approximate surface area is 123 Å². The summed E-state index contributed by atoms with van der Waals surface area (Å²) in [5.74, 6) is 2.65. The molecule has 0 aliphatic heterocycles. The Balaban J connectivity index is 1.65. The van der Waals surface area contributed by atoms with Gasteiger partial charge in [0.25, 0.3) is 0 Å². The van der Waals surface area contributed by atoms with E-state index < -0.39 is 0 Å². The zero-order chi connectivity index (χ0) is 15.2. The lowest BCUT2D eigenvalue weighted by Gasteiger charge is -2.06. The third-order valence-electron chi connectivity index (χ3n) is 2.74. The number of ether oxygens (including phenoxy) is 1. The topological polar surface area (TPSA) is 94.4 Å². The lowest BCUT2D eigenvalue weighted by atomic mass is 10.4. The van der Waals surface area contributed by atoms with Gasteiger partial charge in [0.2, 0.25) is 11.9 Å². The minimum Gasteiger partial charge on any atom is -0.462 e. The Morgan fingerprint density at radius 1 is 1.38 bits per heavy atom. The fourth-order valence-corrected chi connectivity index (χ4v) is 1.86. The van der Waals surface area contributed by atoms with Crippen LogP contribution >= 0.6 is 0 Å². The average molecular weight is 294 g/mol. The fraction of sp³-hybridized carbons (Fsp3) is 0.538. The largest absolute Gasteiger partial charge is 0.462 e. The van der Waals surface area contributed by atoms with Gasteiger partial charge in [0, 0.05) is 13.6 Å². The molecule has 8 heteroatoms. The van der Waals surface area contributed by atoms with Crippen molar-refractivity contribution in [2.45, 2.75) is 13.2 Å². The van der Waals surface area contributed by atoms with Crippen LogP contribution in [0.25, 0.3) is 0 Å². The second-order valence-electron chi connectivity index (χ2n) is 5.00. The fourth-order valence-electron chi connectivity index (χ4n) is 1.86. The van der Waals surface area contributed by atoms with E-state index in [0.717, 1.165) is 18.1 Å². The summed E-state index contributed by atoms with van der Waals surface area (Å²) in [5, 5.41) is 7.04. The van der Waals surface area contributed by atoms with Crippen LogP contribution in [0.4, 0.5) is 11.9 Å². The smallest absolute Gasteiger partial charge is 0.241 e. The maximum atomic E-state index is 5.65. The summed E-state index contributed by atoms with van der Waals surface area (Å²) in [5.41, 5.74) is 5.49. The maximum absolute atomic E-state index is 5.65. The van der Waals surface area contributed by atoms with E-state index in [1.165, 1.54) is 0 Å². The van der Waals surface area contributed by atoms with Gasteiger partial charge < -0.3 is 25.1 Å².